The van der Waals surface area contributed by atoms with Gasteiger partial charge in [-0.1, -0.05) is 0 Å². The van der Waals surface area contributed by atoms with Crippen molar-refractivity contribution < 1.29 is 38.5 Å². The van der Waals surface area contributed by atoms with Crippen LogP contribution in [-0.4, -0.2) is 44.9 Å². The van der Waals surface area contributed by atoms with Crippen molar-refractivity contribution in [2.75, 3.05) is 19.8 Å². The van der Waals surface area contributed by atoms with Crippen LogP contribution in [0.4, 0.5) is 0 Å². The first-order chi connectivity index (χ1) is 20.3. The van der Waals surface area contributed by atoms with Gasteiger partial charge in [-0.3, -0.25) is 0 Å². The van der Waals surface area contributed by atoms with Crippen LogP contribution >= 0.6 is 0 Å². The van der Waals surface area contributed by atoms with Crippen molar-refractivity contribution in [1.82, 2.24) is 0 Å². The Bertz CT molecular complexity index is 2990. The van der Waals surface area contributed by atoms with E-state index in [-0.39, 0.29) is 0 Å². The van der Waals surface area contributed by atoms with Gasteiger partial charge in [-0.2, -0.15) is 0 Å². The molecule has 0 saturated carbocycles. The van der Waals surface area contributed by atoms with Crippen molar-refractivity contribution in [3.63, 3.8) is 0 Å². The molecule has 0 amide bonds. The van der Waals surface area contributed by atoms with Gasteiger partial charge in [-0.05, 0) is 0 Å². The van der Waals surface area contributed by atoms with E-state index in [2.05, 4.69) is 6.08 Å². The molecule has 30 fully saturated rings. The van der Waals surface area contributed by atoms with Gasteiger partial charge in [-0.25, -0.2) is 0 Å². The Morgan fingerprint density at radius 1 is 0.442 bits per heavy atom. The molecular formula is C35H33Fe3NO4. The van der Waals surface area contributed by atoms with Crippen LogP contribution in [0.25, 0.3) is 0 Å². The van der Waals surface area contributed by atoms with E-state index in [0.717, 1.165) is 28.9 Å². The number of hydrogen-bond acceptors (Lipinski definition) is 5. The van der Waals surface area contributed by atoms with Crippen LogP contribution in [0.1, 0.15) is 0 Å². The summed E-state index contributed by atoms with van der Waals surface area (Å²) in [6.07, 6.45) is 2.22. The quantitative estimate of drug-likeness (QED) is 0.132. The zero-order valence-electron chi connectivity index (χ0n) is 23.4. The Morgan fingerprint density at radius 2 is 0.674 bits per heavy atom. The number of nitrogens with zero attached hydrogens (tertiary/aromatic N) is 1. The van der Waals surface area contributed by atoms with Gasteiger partial charge in [0, 0.05) is 0 Å². The van der Waals surface area contributed by atoms with Crippen molar-refractivity contribution in [3.8, 4) is 0 Å². The summed E-state index contributed by atoms with van der Waals surface area (Å²) in [6, 6.07) is 0. The Morgan fingerprint density at radius 3 is 0.814 bits per heavy atom. The molecule has 8 heteroatoms. The van der Waals surface area contributed by atoms with Gasteiger partial charge >= 0.3 is 219 Å². The Hall–Kier alpha value is 0.818. The number of isocyanates is 1. The standard InChI is InChI=1S/C20H18NO4.3C5H5.3Fe/c22-16-21-20(13-23-17-7-1-2-8-17,14-24-18-9-3-4-10-18)15-25-19-11-5-6-12-19;3*1-2-4-5-3-1;;;/h1-12H,13-15H2;3*1-5H;;;. The number of carbonyl (C=O) groups excluding carboxylic acids is 1. The minimum atomic E-state index is -3.38. The maximum absolute atomic E-state index is 12.5. The van der Waals surface area contributed by atoms with E-state index in [0.29, 0.717) is 33.3 Å². The Kier molecular flexibility index (Phi) is 0.426. The van der Waals surface area contributed by atoms with Crippen LogP contribution in [0, 0.1) is 0 Å². The van der Waals surface area contributed by atoms with Gasteiger partial charge in [0.25, 0.3) is 0 Å². The first-order valence-electron chi connectivity index (χ1n) is 19.0. The van der Waals surface area contributed by atoms with E-state index in [1.165, 1.54) is 101 Å². The summed E-state index contributed by atoms with van der Waals surface area (Å²) in [7, 11) is 0. The Balaban J connectivity index is 0.673. The molecular weight excluding hydrogens is 666 g/mol. The summed E-state index contributed by atoms with van der Waals surface area (Å²) in [4.78, 5) is 51.3. The molecule has 30 aliphatic rings. The first-order valence-corrected chi connectivity index (χ1v) is 37.8. The van der Waals surface area contributed by atoms with Crippen molar-refractivity contribution in [1.29, 1.82) is 0 Å². The molecule has 30 rings (SSSR count). The SMILES string of the molecule is O=C=NC(CO[C]12[CH]3[CH]4[CH]5[CH]1[Fe]45321678[CH]2[CH]1[CH]6[CH]7[CH]28)(CO[C]12[CH]3[CH]4[CH]5[CH]1[Fe]45321678[CH]2[CH]1[CH]6[CH]7[CH]28)CO[C]12[CH]3[CH]4[CH]5[CH]1[Fe]45321678[CH]2[CH]1[CH]6[CH]7[CH]28. The van der Waals surface area contributed by atoms with E-state index in [4.69, 9.17) is 19.2 Å². The molecule has 5 nitrogen and oxygen atoms in total. The predicted octanol–water partition coefficient (Wildman–Crippen LogP) is 8.00. The van der Waals surface area contributed by atoms with Crippen LogP contribution in [0.3, 0.4) is 0 Å². The molecule has 0 aliphatic carbocycles. The van der Waals surface area contributed by atoms with Crippen molar-refractivity contribution in [2.24, 2.45) is 4.99 Å². The van der Waals surface area contributed by atoms with Crippen LogP contribution < -0.4 is 0 Å². The van der Waals surface area contributed by atoms with Crippen molar-refractivity contribution >= 4 is 6.08 Å². The molecule has 30 saturated heterocycles. The minimum absolute atomic E-state index is 0.434. The molecule has 0 aromatic carbocycles. The molecule has 0 bridgehead atoms. The predicted molar refractivity (Wildman–Crippen MR) is 138 cm³/mol. The first kappa shape index (κ1) is 15.2. The fourth-order valence-electron chi connectivity index (χ4n) is 50.1. The summed E-state index contributed by atoms with van der Waals surface area (Å²) in [5.41, 5.74) is -0.578. The second-order valence-corrected chi connectivity index (χ2v) is 102. The van der Waals surface area contributed by atoms with Crippen molar-refractivity contribution in [2.45, 2.75) is 149 Å². The molecule has 30 aliphatic heterocycles. The normalized spacial score (nSPS) is 141. The summed E-state index contributed by atoms with van der Waals surface area (Å²) < 4.78 is 24.5. The summed E-state index contributed by atoms with van der Waals surface area (Å²) in [5, 5.41) is 0. The summed E-state index contributed by atoms with van der Waals surface area (Å²) >= 11 is 0. The zero-order valence-corrected chi connectivity index (χ0v) is 26.7. The molecule has 0 aromatic rings. The number of rotatable bonds is 10. The second-order valence-electron chi connectivity index (χ2n) is 31.1. The average Bonchev–Trinajstić information content (AvgIpc) is 3.72. The second kappa shape index (κ2) is 1.21. The summed E-state index contributed by atoms with van der Waals surface area (Å²) in [6.45, 7) is -8.08. The molecule has 226 valence electrons. The Labute approximate surface area is 217 Å². The molecule has 12 atom stereocenters. The van der Waals surface area contributed by atoms with E-state index in [9.17, 15) is 4.79 Å². The fourth-order valence-corrected chi connectivity index (χ4v) is 268. The molecule has 43 heavy (non-hydrogen) atoms. The molecule has 3 spiro atoms. The molecule has 30 heterocycles. The van der Waals surface area contributed by atoms with Crippen LogP contribution in [-0.2, 0) is 38.5 Å². The zero-order chi connectivity index (χ0) is 25.2. The van der Waals surface area contributed by atoms with E-state index < -0.39 is 25.1 Å². The van der Waals surface area contributed by atoms with Crippen LogP contribution in [0.5, 0.6) is 0 Å². The summed E-state index contributed by atoms with van der Waals surface area (Å²) in [5.74, 6) is 0. The number of fused-ring (bicyclic) bond motifs is 30. The fraction of sp³-hybridized carbons (Fsp3) is 0.971. The molecule has 0 N–H and O–H groups in total. The van der Waals surface area contributed by atoms with Gasteiger partial charge in [0.15, 0.2) is 0 Å². The van der Waals surface area contributed by atoms with Gasteiger partial charge < -0.3 is 0 Å². The number of ether oxygens (including phenoxy) is 3. The molecule has 0 aromatic heterocycles. The van der Waals surface area contributed by atoms with Gasteiger partial charge in [0.2, 0.25) is 0 Å². The molecule has 12 unspecified atom stereocenters. The van der Waals surface area contributed by atoms with E-state index >= 15 is 0 Å². The third-order valence-electron chi connectivity index (χ3n) is 45.6. The third kappa shape index (κ3) is 0.161. The third-order valence-corrected chi connectivity index (χ3v) is 171. The monoisotopic (exact) mass is 699 g/mol. The molecule has 0 radical (unpaired) electrons. The van der Waals surface area contributed by atoms with Crippen LogP contribution in [0.15, 0.2) is 4.99 Å². The van der Waals surface area contributed by atoms with Gasteiger partial charge in [0.05, 0.1) is 0 Å². The van der Waals surface area contributed by atoms with E-state index in [1.54, 1.807) is 0 Å². The maximum atomic E-state index is 12.5. The average molecular weight is 699 g/mol. The van der Waals surface area contributed by atoms with Gasteiger partial charge in [-0.15, -0.1) is 0 Å². The number of hydrogen-bond donors (Lipinski definition) is 0. The van der Waals surface area contributed by atoms with Gasteiger partial charge in [0.1, 0.15) is 0 Å². The topological polar surface area (TPSA) is 57.1 Å². The number of aliphatic imine (C=N–C) groups is 1. The van der Waals surface area contributed by atoms with Crippen LogP contribution in [0.2, 0.25) is 130 Å². The van der Waals surface area contributed by atoms with Crippen molar-refractivity contribution in [3.05, 3.63) is 0 Å². The van der Waals surface area contributed by atoms with E-state index in [1.807, 2.05) is 0 Å².